The van der Waals surface area contributed by atoms with Gasteiger partial charge < -0.3 is 14.3 Å². The Hall–Kier alpha value is -1.29. The number of hydrogen-bond donors (Lipinski definition) is 1. The summed E-state index contributed by atoms with van der Waals surface area (Å²) in [5.74, 6) is 0.864. The Kier molecular flexibility index (Phi) is 3.52. The minimum Gasteiger partial charge on any atom is -0.478 e. The molecule has 0 unspecified atom stereocenters. The second-order valence-corrected chi connectivity index (χ2v) is 4.43. The van der Waals surface area contributed by atoms with Gasteiger partial charge in [0.2, 0.25) is 0 Å². The monoisotopic (exact) mass is 238 g/mol. The fourth-order valence-electron chi connectivity index (χ4n) is 2.47. The molecular weight excluding hydrogens is 220 g/mol. The Balaban J connectivity index is 2.37. The van der Waals surface area contributed by atoms with E-state index in [0.29, 0.717) is 23.7 Å². The first kappa shape index (κ1) is 12.2. The Morgan fingerprint density at radius 1 is 1.41 bits per heavy atom. The molecule has 0 aromatic carbocycles. The lowest BCUT2D eigenvalue weighted by Gasteiger charge is -2.20. The third kappa shape index (κ3) is 2.22. The van der Waals surface area contributed by atoms with E-state index in [1.807, 2.05) is 13.8 Å². The van der Waals surface area contributed by atoms with Crippen molar-refractivity contribution in [1.29, 1.82) is 0 Å². The van der Waals surface area contributed by atoms with Crippen molar-refractivity contribution in [3.05, 3.63) is 22.6 Å². The van der Waals surface area contributed by atoms with Gasteiger partial charge in [0, 0.05) is 31.1 Å². The highest BCUT2D eigenvalue weighted by Gasteiger charge is 2.27. The van der Waals surface area contributed by atoms with E-state index in [0.717, 1.165) is 37.4 Å². The average Bonchev–Trinajstić information content (AvgIpc) is 2.67. The lowest BCUT2D eigenvalue weighted by atomic mass is 9.94. The maximum absolute atomic E-state index is 11.2. The van der Waals surface area contributed by atoms with Gasteiger partial charge in [0.05, 0.1) is 0 Å². The van der Waals surface area contributed by atoms with Gasteiger partial charge in [0.25, 0.3) is 0 Å². The molecule has 2 heterocycles. The van der Waals surface area contributed by atoms with Crippen LogP contribution in [0.4, 0.5) is 0 Å². The minimum absolute atomic E-state index is 0.308. The molecule has 1 fully saturated rings. The summed E-state index contributed by atoms with van der Waals surface area (Å²) in [6.45, 7) is 5.22. The summed E-state index contributed by atoms with van der Waals surface area (Å²) >= 11 is 0. The normalized spacial score (nSPS) is 17.3. The minimum atomic E-state index is -0.888. The van der Waals surface area contributed by atoms with Crippen LogP contribution in [-0.4, -0.2) is 24.3 Å². The van der Waals surface area contributed by atoms with E-state index < -0.39 is 5.97 Å². The zero-order chi connectivity index (χ0) is 12.4. The number of carboxylic acids is 1. The maximum atomic E-state index is 11.2. The molecular formula is C13H18O4. The molecule has 4 heteroatoms. The van der Waals surface area contributed by atoms with Crippen LogP contribution in [0.5, 0.6) is 0 Å². The Morgan fingerprint density at radius 2 is 2.06 bits per heavy atom. The van der Waals surface area contributed by atoms with Gasteiger partial charge in [-0.05, 0) is 19.8 Å². The second-order valence-electron chi connectivity index (χ2n) is 4.43. The highest BCUT2D eigenvalue weighted by molar-refractivity contribution is 5.90. The van der Waals surface area contributed by atoms with Crippen molar-refractivity contribution in [3.63, 3.8) is 0 Å². The number of carbonyl (C=O) groups is 1. The molecule has 0 bridgehead atoms. The van der Waals surface area contributed by atoms with Crippen molar-refractivity contribution in [2.45, 2.75) is 39.0 Å². The highest BCUT2D eigenvalue weighted by Crippen LogP contribution is 2.34. The molecule has 0 spiro atoms. The van der Waals surface area contributed by atoms with Gasteiger partial charge in [-0.25, -0.2) is 4.79 Å². The Bertz CT molecular complexity index is 413. The first-order chi connectivity index (χ1) is 8.15. The number of carboxylic acid groups (broad SMARTS) is 1. The smallest absolute Gasteiger partial charge is 0.339 e. The van der Waals surface area contributed by atoms with E-state index >= 15 is 0 Å². The van der Waals surface area contributed by atoms with E-state index in [1.165, 1.54) is 0 Å². The molecule has 1 aliphatic rings. The summed E-state index contributed by atoms with van der Waals surface area (Å²) in [5, 5.41) is 9.20. The number of aromatic carboxylic acids is 1. The molecule has 1 aromatic rings. The lowest BCUT2D eigenvalue weighted by molar-refractivity contribution is 0.0693. The summed E-state index contributed by atoms with van der Waals surface area (Å²) in [6.07, 6.45) is 2.44. The third-order valence-corrected chi connectivity index (χ3v) is 3.38. The first-order valence-electron chi connectivity index (χ1n) is 6.08. The van der Waals surface area contributed by atoms with Crippen LogP contribution in [0.15, 0.2) is 4.42 Å². The Labute approximate surface area is 101 Å². The number of furan rings is 1. The van der Waals surface area contributed by atoms with Gasteiger partial charge in [0.1, 0.15) is 17.1 Å². The summed E-state index contributed by atoms with van der Waals surface area (Å²) in [7, 11) is 0. The van der Waals surface area contributed by atoms with E-state index in [2.05, 4.69) is 0 Å². The molecule has 4 nitrogen and oxygen atoms in total. The van der Waals surface area contributed by atoms with Gasteiger partial charge in [-0.2, -0.15) is 0 Å². The van der Waals surface area contributed by atoms with Crippen molar-refractivity contribution in [1.82, 2.24) is 0 Å². The summed E-state index contributed by atoms with van der Waals surface area (Å²) in [4.78, 5) is 11.2. The molecule has 0 aliphatic carbocycles. The summed E-state index contributed by atoms with van der Waals surface area (Å²) in [5.41, 5.74) is 1.15. The summed E-state index contributed by atoms with van der Waals surface area (Å²) in [6, 6.07) is 0. The maximum Gasteiger partial charge on any atom is 0.339 e. The molecule has 1 N–H and O–H groups in total. The van der Waals surface area contributed by atoms with Crippen LogP contribution in [0.1, 0.15) is 53.1 Å². The van der Waals surface area contributed by atoms with E-state index in [1.54, 1.807) is 0 Å². The molecule has 1 aliphatic heterocycles. The van der Waals surface area contributed by atoms with Crippen molar-refractivity contribution < 1.29 is 19.1 Å². The van der Waals surface area contributed by atoms with Crippen LogP contribution in [0, 0.1) is 6.92 Å². The first-order valence-corrected chi connectivity index (χ1v) is 6.08. The van der Waals surface area contributed by atoms with Gasteiger partial charge in [-0.1, -0.05) is 6.92 Å². The standard InChI is InChI=1S/C13H18O4/c1-3-10-11(13(14)15)8(2)12(17-10)9-4-6-16-7-5-9/h9H,3-7H2,1-2H3,(H,14,15). The second kappa shape index (κ2) is 4.92. The SMILES string of the molecule is CCc1oc(C2CCOCC2)c(C)c1C(=O)O. The highest BCUT2D eigenvalue weighted by atomic mass is 16.5. The predicted octanol–water partition coefficient (Wildman–Crippen LogP) is 2.74. The fraction of sp³-hybridized carbons (Fsp3) is 0.615. The van der Waals surface area contributed by atoms with Crippen LogP contribution in [0.25, 0.3) is 0 Å². The van der Waals surface area contributed by atoms with E-state index in [-0.39, 0.29) is 0 Å². The number of rotatable bonds is 3. The van der Waals surface area contributed by atoms with Crippen LogP contribution in [-0.2, 0) is 11.2 Å². The largest absolute Gasteiger partial charge is 0.478 e. The van der Waals surface area contributed by atoms with Crippen LogP contribution in [0.3, 0.4) is 0 Å². The number of aryl methyl sites for hydroxylation is 1. The van der Waals surface area contributed by atoms with Crippen molar-refractivity contribution in [2.75, 3.05) is 13.2 Å². The molecule has 1 aromatic heterocycles. The lowest BCUT2D eigenvalue weighted by Crippen LogP contribution is -2.14. The number of ether oxygens (including phenoxy) is 1. The van der Waals surface area contributed by atoms with Gasteiger partial charge in [-0.3, -0.25) is 0 Å². The molecule has 1 saturated heterocycles. The van der Waals surface area contributed by atoms with Gasteiger partial charge in [-0.15, -0.1) is 0 Å². The predicted molar refractivity (Wildman–Crippen MR) is 62.6 cm³/mol. The van der Waals surface area contributed by atoms with Crippen LogP contribution >= 0.6 is 0 Å². The Morgan fingerprint density at radius 3 is 2.53 bits per heavy atom. The quantitative estimate of drug-likeness (QED) is 0.879. The molecule has 0 saturated carbocycles. The molecule has 0 amide bonds. The third-order valence-electron chi connectivity index (χ3n) is 3.38. The topological polar surface area (TPSA) is 59.7 Å². The molecule has 17 heavy (non-hydrogen) atoms. The molecule has 0 atom stereocenters. The van der Waals surface area contributed by atoms with Crippen molar-refractivity contribution >= 4 is 5.97 Å². The summed E-state index contributed by atoms with van der Waals surface area (Å²) < 4.78 is 11.1. The van der Waals surface area contributed by atoms with Crippen LogP contribution < -0.4 is 0 Å². The van der Waals surface area contributed by atoms with Gasteiger partial charge in [0.15, 0.2) is 0 Å². The van der Waals surface area contributed by atoms with Crippen molar-refractivity contribution in [3.8, 4) is 0 Å². The molecule has 2 rings (SSSR count). The van der Waals surface area contributed by atoms with Crippen molar-refractivity contribution in [2.24, 2.45) is 0 Å². The van der Waals surface area contributed by atoms with Crippen LogP contribution in [0.2, 0.25) is 0 Å². The van der Waals surface area contributed by atoms with E-state index in [9.17, 15) is 9.90 Å². The van der Waals surface area contributed by atoms with Gasteiger partial charge >= 0.3 is 5.97 Å². The zero-order valence-electron chi connectivity index (χ0n) is 10.3. The molecule has 0 radical (unpaired) electrons. The molecule has 94 valence electrons. The number of hydrogen-bond acceptors (Lipinski definition) is 3. The average molecular weight is 238 g/mol. The fourth-order valence-corrected chi connectivity index (χ4v) is 2.47. The zero-order valence-corrected chi connectivity index (χ0v) is 10.3. The van der Waals surface area contributed by atoms with E-state index in [4.69, 9.17) is 9.15 Å².